The quantitative estimate of drug-likeness (QED) is 0.178. The molecule has 0 saturated carbocycles. The Hall–Kier alpha value is -4.46. The van der Waals surface area contributed by atoms with E-state index in [2.05, 4.69) is 163 Å². The largest absolute Gasteiger partial charge is 0.142 e. The molecule has 0 N–H and O–H groups in total. The molecule has 2 aliphatic carbocycles. The van der Waals surface area contributed by atoms with Crippen LogP contribution in [0.5, 0.6) is 0 Å². The summed E-state index contributed by atoms with van der Waals surface area (Å²) in [6.45, 7) is 14.1. The van der Waals surface area contributed by atoms with Gasteiger partial charge in [0.25, 0.3) is 0 Å². The van der Waals surface area contributed by atoms with Gasteiger partial charge in [-0.1, -0.05) is 155 Å². The van der Waals surface area contributed by atoms with E-state index in [0.29, 0.717) is 0 Å². The molecular formula is C44H40Si. The molecule has 2 aliphatic rings. The zero-order valence-corrected chi connectivity index (χ0v) is 28.2. The van der Waals surface area contributed by atoms with Gasteiger partial charge < -0.3 is 0 Å². The highest BCUT2D eigenvalue weighted by molar-refractivity contribution is 7.06. The van der Waals surface area contributed by atoms with Gasteiger partial charge in [-0.2, -0.15) is 0 Å². The maximum absolute atomic E-state index is 2.91. The van der Waals surface area contributed by atoms with Gasteiger partial charge in [-0.15, -0.1) is 0 Å². The lowest BCUT2D eigenvalue weighted by molar-refractivity contribution is 1.03. The number of hydrogen-bond acceptors (Lipinski definition) is 0. The van der Waals surface area contributed by atoms with Crippen LogP contribution in [0.3, 0.4) is 0 Å². The van der Waals surface area contributed by atoms with Crippen molar-refractivity contribution in [3.8, 4) is 22.3 Å². The Morgan fingerprint density at radius 1 is 0.356 bits per heavy atom. The SMILES string of the molecule is Cc1cc(C)c([Si](c2c(C)cc(C)cc2C)(C2c3ccccc3-c3ccccc32)C2c3ccccc3-c3ccccc32)c(C)c1. The second kappa shape index (κ2) is 10.3. The van der Waals surface area contributed by atoms with E-state index in [9.17, 15) is 0 Å². The molecule has 8 rings (SSSR count). The summed E-state index contributed by atoms with van der Waals surface area (Å²) in [4.78, 5) is 0. The van der Waals surface area contributed by atoms with Crippen molar-refractivity contribution < 1.29 is 0 Å². The molecule has 0 spiro atoms. The van der Waals surface area contributed by atoms with E-state index in [1.807, 2.05) is 0 Å². The number of benzene rings is 6. The molecule has 0 aliphatic heterocycles. The van der Waals surface area contributed by atoms with Gasteiger partial charge in [0.2, 0.25) is 0 Å². The van der Waals surface area contributed by atoms with Gasteiger partial charge in [0, 0.05) is 11.1 Å². The molecular weight excluding hydrogens is 557 g/mol. The first kappa shape index (κ1) is 28.0. The Balaban J connectivity index is 1.66. The van der Waals surface area contributed by atoms with Crippen LogP contribution < -0.4 is 10.4 Å². The van der Waals surface area contributed by atoms with E-state index in [1.165, 1.54) is 77.9 Å². The first-order valence-electron chi connectivity index (χ1n) is 16.4. The van der Waals surface area contributed by atoms with Crippen LogP contribution in [0, 0.1) is 41.5 Å². The van der Waals surface area contributed by atoms with Crippen LogP contribution in [0.25, 0.3) is 22.3 Å². The Labute approximate surface area is 269 Å². The summed E-state index contributed by atoms with van der Waals surface area (Å²) in [5.74, 6) is 0. The molecule has 0 radical (unpaired) electrons. The normalized spacial score (nSPS) is 13.8. The van der Waals surface area contributed by atoms with Crippen molar-refractivity contribution in [1.82, 2.24) is 0 Å². The lowest BCUT2D eigenvalue weighted by Crippen LogP contribution is -2.69. The van der Waals surface area contributed by atoms with E-state index >= 15 is 0 Å². The molecule has 0 amide bonds. The molecule has 0 fully saturated rings. The summed E-state index contributed by atoms with van der Waals surface area (Å²) in [5.41, 5.74) is 20.5. The van der Waals surface area contributed by atoms with Gasteiger partial charge in [-0.25, -0.2) is 0 Å². The second-order valence-corrected chi connectivity index (χ2v) is 17.5. The molecule has 0 bridgehead atoms. The number of aryl methyl sites for hydroxylation is 6. The molecule has 1 heteroatoms. The molecule has 0 atom stereocenters. The van der Waals surface area contributed by atoms with Crippen LogP contribution in [0.2, 0.25) is 0 Å². The average Bonchev–Trinajstić information content (AvgIpc) is 3.53. The monoisotopic (exact) mass is 596 g/mol. The highest BCUT2D eigenvalue weighted by Crippen LogP contribution is 2.57. The molecule has 6 aromatic rings. The van der Waals surface area contributed by atoms with Crippen LogP contribution in [-0.2, 0) is 0 Å². The number of hydrogen-bond donors (Lipinski definition) is 0. The fraction of sp³-hybridized carbons (Fsp3) is 0.182. The topological polar surface area (TPSA) is 0 Å². The third-order valence-corrected chi connectivity index (χ3v) is 17.1. The van der Waals surface area contributed by atoms with Crippen molar-refractivity contribution >= 4 is 18.4 Å². The molecule has 0 heterocycles. The van der Waals surface area contributed by atoms with Crippen LogP contribution in [0.4, 0.5) is 0 Å². The van der Waals surface area contributed by atoms with Crippen molar-refractivity contribution in [3.05, 3.63) is 177 Å². The molecule has 6 aromatic carbocycles. The highest BCUT2D eigenvalue weighted by Gasteiger charge is 2.59. The van der Waals surface area contributed by atoms with Gasteiger partial charge in [0.1, 0.15) is 8.07 Å². The maximum Gasteiger partial charge on any atom is 0.142 e. The number of fused-ring (bicyclic) bond motifs is 6. The van der Waals surface area contributed by atoms with E-state index in [4.69, 9.17) is 0 Å². The van der Waals surface area contributed by atoms with E-state index in [0.717, 1.165) is 0 Å². The molecule has 0 aromatic heterocycles. The smallest absolute Gasteiger partial charge is 0.0619 e. The minimum atomic E-state index is -2.91. The highest BCUT2D eigenvalue weighted by atomic mass is 28.3. The summed E-state index contributed by atoms with van der Waals surface area (Å²) >= 11 is 0. The van der Waals surface area contributed by atoms with Gasteiger partial charge in [0.05, 0.1) is 0 Å². The van der Waals surface area contributed by atoms with Gasteiger partial charge in [-0.05, 0) is 96.4 Å². The molecule has 0 saturated heterocycles. The predicted octanol–water partition coefficient (Wildman–Crippen LogP) is 9.80. The maximum atomic E-state index is 2.46. The van der Waals surface area contributed by atoms with E-state index in [-0.39, 0.29) is 11.1 Å². The average molecular weight is 597 g/mol. The minimum absolute atomic E-state index is 0.245. The van der Waals surface area contributed by atoms with Gasteiger partial charge in [0.15, 0.2) is 0 Å². The van der Waals surface area contributed by atoms with Crippen LogP contribution in [0.15, 0.2) is 121 Å². The van der Waals surface area contributed by atoms with E-state index in [1.54, 1.807) is 10.4 Å². The van der Waals surface area contributed by atoms with Crippen molar-refractivity contribution in [2.75, 3.05) is 0 Å². The summed E-state index contributed by atoms with van der Waals surface area (Å²) < 4.78 is 0. The van der Waals surface area contributed by atoms with Crippen molar-refractivity contribution in [2.24, 2.45) is 0 Å². The predicted molar refractivity (Wildman–Crippen MR) is 194 cm³/mol. The third kappa shape index (κ3) is 3.90. The van der Waals surface area contributed by atoms with Crippen LogP contribution in [0.1, 0.15) is 66.7 Å². The molecule has 220 valence electrons. The fourth-order valence-electron chi connectivity index (χ4n) is 9.83. The Bertz CT molecular complexity index is 1860. The summed E-state index contributed by atoms with van der Waals surface area (Å²) in [6.07, 6.45) is 0. The zero-order chi connectivity index (χ0) is 31.0. The van der Waals surface area contributed by atoms with Crippen molar-refractivity contribution in [1.29, 1.82) is 0 Å². The number of rotatable bonds is 4. The summed E-state index contributed by atoms with van der Waals surface area (Å²) in [5, 5.41) is 3.22. The first-order chi connectivity index (χ1) is 21.8. The Morgan fingerprint density at radius 3 is 0.867 bits per heavy atom. The Kier molecular flexibility index (Phi) is 6.41. The lowest BCUT2D eigenvalue weighted by atomic mass is 10.1. The summed E-state index contributed by atoms with van der Waals surface area (Å²) in [7, 11) is -2.91. The van der Waals surface area contributed by atoms with E-state index < -0.39 is 8.07 Å². The standard InChI is InChI=1S/C44H40Si/c1-27-23-29(3)41(30(4)24-27)45(42-31(5)25-28(2)26-32(42)6,43-37-19-11-7-15-33(37)34-16-8-12-20-38(34)43)44-39-21-13-9-17-35(39)36-18-10-14-22-40(36)44/h7-26,43-44H,1-6H3. The van der Waals surface area contributed by atoms with Crippen molar-refractivity contribution in [3.63, 3.8) is 0 Å². The molecule has 0 nitrogen and oxygen atoms in total. The lowest BCUT2D eigenvalue weighted by Gasteiger charge is -2.48. The zero-order valence-electron chi connectivity index (χ0n) is 27.2. The van der Waals surface area contributed by atoms with Crippen LogP contribution in [-0.4, -0.2) is 8.07 Å². The van der Waals surface area contributed by atoms with Crippen LogP contribution >= 0.6 is 0 Å². The Morgan fingerprint density at radius 2 is 0.600 bits per heavy atom. The molecule has 45 heavy (non-hydrogen) atoms. The molecule has 0 unspecified atom stereocenters. The van der Waals surface area contributed by atoms with Gasteiger partial charge >= 0.3 is 0 Å². The fourth-order valence-corrected chi connectivity index (χ4v) is 17.4. The summed E-state index contributed by atoms with van der Waals surface area (Å²) in [6, 6.07) is 47.1. The van der Waals surface area contributed by atoms with Crippen molar-refractivity contribution in [2.45, 2.75) is 52.6 Å². The minimum Gasteiger partial charge on any atom is -0.0619 e. The van der Waals surface area contributed by atoms with Gasteiger partial charge in [-0.3, -0.25) is 0 Å². The first-order valence-corrected chi connectivity index (χ1v) is 18.5. The third-order valence-electron chi connectivity index (χ3n) is 10.8. The second-order valence-electron chi connectivity index (χ2n) is 13.6.